The van der Waals surface area contributed by atoms with Crippen molar-refractivity contribution in [3.63, 3.8) is 0 Å². The van der Waals surface area contributed by atoms with Gasteiger partial charge in [0.1, 0.15) is 0 Å². The van der Waals surface area contributed by atoms with Gasteiger partial charge in [0.2, 0.25) is 0 Å². The first-order chi connectivity index (χ1) is 8.44. The zero-order chi connectivity index (χ0) is 13.2. The highest BCUT2D eigenvalue weighted by molar-refractivity contribution is 5.54. The van der Waals surface area contributed by atoms with Crippen LogP contribution in [0.3, 0.4) is 0 Å². The summed E-state index contributed by atoms with van der Waals surface area (Å²) in [5, 5.41) is 3.29. The molecule has 0 saturated heterocycles. The fourth-order valence-corrected chi connectivity index (χ4v) is 2.30. The second-order valence-electron chi connectivity index (χ2n) is 4.81. The molecule has 2 nitrogen and oxygen atoms in total. The molecule has 1 aliphatic rings. The van der Waals surface area contributed by atoms with Gasteiger partial charge in [-0.2, -0.15) is 13.2 Å². The standard InChI is InChI=1S/C13H17F3N2/c1-18(9-13(14,15)16)8-10-4-5-12-11(7-10)3-2-6-17-12/h4-5,7,17H,2-3,6,8-9H2,1H3. The Morgan fingerprint density at radius 3 is 2.83 bits per heavy atom. The van der Waals surface area contributed by atoms with Gasteiger partial charge in [0.15, 0.2) is 0 Å². The van der Waals surface area contributed by atoms with Gasteiger partial charge in [-0.15, -0.1) is 0 Å². The number of hydrogen-bond acceptors (Lipinski definition) is 2. The summed E-state index contributed by atoms with van der Waals surface area (Å²) in [5.74, 6) is 0. The number of anilines is 1. The molecular weight excluding hydrogens is 241 g/mol. The van der Waals surface area contributed by atoms with Crippen molar-refractivity contribution in [2.24, 2.45) is 0 Å². The number of nitrogens with zero attached hydrogens (tertiary/aromatic N) is 1. The van der Waals surface area contributed by atoms with Crippen molar-refractivity contribution < 1.29 is 13.2 Å². The molecular formula is C13H17F3N2. The Bertz CT molecular complexity index is 415. The average Bonchev–Trinajstić information content (AvgIpc) is 2.26. The van der Waals surface area contributed by atoms with Crippen molar-refractivity contribution >= 4 is 5.69 Å². The van der Waals surface area contributed by atoms with Crippen molar-refractivity contribution in [3.8, 4) is 0 Å². The summed E-state index contributed by atoms with van der Waals surface area (Å²) >= 11 is 0. The minimum atomic E-state index is -4.13. The van der Waals surface area contributed by atoms with E-state index in [0.29, 0.717) is 6.54 Å². The van der Waals surface area contributed by atoms with E-state index in [2.05, 4.69) is 5.32 Å². The second-order valence-corrected chi connectivity index (χ2v) is 4.81. The molecule has 0 radical (unpaired) electrons. The third-order valence-electron chi connectivity index (χ3n) is 3.01. The van der Waals surface area contributed by atoms with E-state index in [0.717, 1.165) is 30.6 Å². The molecule has 0 fully saturated rings. The van der Waals surface area contributed by atoms with Crippen molar-refractivity contribution in [2.75, 3.05) is 25.5 Å². The highest BCUT2D eigenvalue weighted by atomic mass is 19.4. The van der Waals surface area contributed by atoms with Crippen LogP contribution in [0.5, 0.6) is 0 Å². The van der Waals surface area contributed by atoms with E-state index >= 15 is 0 Å². The van der Waals surface area contributed by atoms with Gasteiger partial charge in [0.05, 0.1) is 6.54 Å². The Morgan fingerprint density at radius 1 is 1.33 bits per heavy atom. The number of fused-ring (bicyclic) bond motifs is 1. The van der Waals surface area contributed by atoms with E-state index in [-0.39, 0.29) is 0 Å². The smallest absolute Gasteiger partial charge is 0.385 e. The Labute approximate surface area is 105 Å². The monoisotopic (exact) mass is 258 g/mol. The molecule has 0 saturated carbocycles. The highest BCUT2D eigenvalue weighted by Crippen LogP contribution is 2.24. The number of aryl methyl sites for hydroxylation is 1. The van der Waals surface area contributed by atoms with Gasteiger partial charge < -0.3 is 5.32 Å². The molecule has 2 rings (SSSR count). The number of benzene rings is 1. The van der Waals surface area contributed by atoms with Crippen LogP contribution in [0.2, 0.25) is 0 Å². The molecule has 0 bridgehead atoms. The fourth-order valence-electron chi connectivity index (χ4n) is 2.30. The number of rotatable bonds is 3. The number of hydrogen-bond donors (Lipinski definition) is 1. The van der Waals surface area contributed by atoms with Gasteiger partial charge in [-0.1, -0.05) is 12.1 Å². The molecule has 1 heterocycles. The predicted molar refractivity (Wildman–Crippen MR) is 65.6 cm³/mol. The summed E-state index contributed by atoms with van der Waals surface area (Å²) in [6.45, 7) is 0.426. The normalized spacial score (nSPS) is 15.4. The van der Waals surface area contributed by atoms with Crippen LogP contribution in [-0.4, -0.2) is 31.2 Å². The van der Waals surface area contributed by atoms with Crippen LogP contribution in [0.25, 0.3) is 0 Å². The number of nitrogens with one attached hydrogen (secondary N) is 1. The molecule has 0 aromatic heterocycles. The van der Waals surface area contributed by atoms with Gasteiger partial charge in [-0.05, 0) is 37.1 Å². The van der Waals surface area contributed by atoms with Crippen LogP contribution in [0.15, 0.2) is 18.2 Å². The van der Waals surface area contributed by atoms with Gasteiger partial charge in [-0.3, -0.25) is 4.90 Å². The van der Waals surface area contributed by atoms with E-state index < -0.39 is 12.7 Å². The quantitative estimate of drug-likeness (QED) is 0.896. The Balaban J connectivity index is 2.01. The molecule has 0 amide bonds. The lowest BCUT2D eigenvalue weighted by Gasteiger charge is -2.21. The zero-order valence-corrected chi connectivity index (χ0v) is 10.3. The van der Waals surface area contributed by atoms with E-state index in [9.17, 15) is 13.2 Å². The van der Waals surface area contributed by atoms with Gasteiger partial charge >= 0.3 is 6.18 Å². The molecule has 1 aromatic carbocycles. The van der Waals surface area contributed by atoms with Gasteiger partial charge in [0, 0.05) is 18.8 Å². The molecule has 0 unspecified atom stereocenters. The second kappa shape index (κ2) is 5.18. The minimum absolute atomic E-state index is 0.326. The van der Waals surface area contributed by atoms with Crippen LogP contribution in [0, 0.1) is 0 Å². The van der Waals surface area contributed by atoms with E-state index in [1.54, 1.807) is 0 Å². The topological polar surface area (TPSA) is 15.3 Å². The summed E-state index contributed by atoms with van der Waals surface area (Å²) in [5.41, 5.74) is 3.26. The molecule has 5 heteroatoms. The first-order valence-corrected chi connectivity index (χ1v) is 6.05. The SMILES string of the molecule is CN(Cc1ccc2c(c1)CCCN2)CC(F)(F)F. The van der Waals surface area contributed by atoms with E-state index in [1.165, 1.54) is 17.5 Å². The lowest BCUT2D eigenvalue weighted by Crippen LogP contribution is -2.30. The Kier molecular flexibility index (Phi) is 3.80. The lowest BCUT2D eigenvalue weighted by atomic mass is 10.0. The molecule has 0 atom stereocenters. The molecule has 100 valence electrons. The van der Waals surface area contributed by atoms with Crippen molar-refractivity contribution in [3.05, 3.63) is 29.3 Å². The van der Waals surface area contributed by atoms with Crippen LogP contribution < -0.4 is 5.32 Å². The number of halogens is 3. The largest absolute Gasteiger partial charge is 0.401 e. The lowest BCUT2D eigenvalue weighted by molar-refractivity contribution is -0.144. The van der Waals surface area contributed by atoms with Crippen LogP contribution in [0.4, 0.5) is 18.9 Å². The molecule has 18 heavy (non-hydrogen) atoms. The third kappa shape index (κ3) is 3.63. The maximum absolute atomic E-state index is 12.2. The summed E-state index contributed by atoms with van der Waals surface area (Å²) in [4.78, 5) is 1.29. The summed E-state index contributed by atoms with van der Waals surface area (Å²) in [6, 6.07) is 5.86. The summed E-state index contributed by atoms with van der Waals surface area (Å²) in [6.07, 6.45) is -2.06. The number of alkyl halides is 3. The molecule has 1 aliphatic heterocycles. The van der Waals surface area contributed by atoms with Crippen molar-refractivity contribution in [1.82, 2.24) is 4.90 Å². The highest BCUT2D eigenvalue weighted by Gasteiger charge is 2.29. The average molecular weight is 258 g/mol. The molecule has 0 spiro atoms. The first-order valence-electron chi connectivity index (χ1n) is 6.05. The Hall–Kier alpha value is -1.23. The Morgan fingerprint density at radius 2 is 2.11 bits per heavy atom. The molecule has 0 aliphatic carbocycles. The first kappa shape index (κ1) is 13.2. The third-order valence-corrected chi connectivity index (χ3v) is 3.01. The van der Waals surface area contributed by atoms with Crippen LogP contribution in [-0.2, 0) is 13.0 Å². The molecule has 1 aromatic rings. The maximum Gasteiger partial charge on any atom is 0.401 e. The zero-order valence-electron chi connectivity index (χ0n) is 10.3. The molecule has 1 N–H and O–H groups in total. The summed E-state index contributed by atoms with van der Waals surface area (Å²) in [7, 11) is 1.49. The van der Waals surface area contributed by atoms with Crippen LogP contribution in [0.1, 0.15) is 17.5 Å². The fraction of sp³-hybridized carbons (Fsp3) is 0.538. The van der Waals surface area contributed by atoms with Crippen molar-refractivity contribution in [1.29, 1.82) is 0 Å². The van der Waals surface area contributed by atoms with Gasteiger partial charge in [0.25, 0.3) is 0 Å². The van der Waals surface area contributed by atoms with Gasteiger partial charge in [-0.25, -0.2) is 0 Å². The maximum atomic E-state index is 12.2. The van der Waals surface area contributed by atoms with E-state index in [4.69, 9.17) is 0 Å². The predicted octanol–water partition coefficient (Wildman–Crippen LogP) is 3.04. The van der Waals surface area contributed by atoms with Crippen LogP contribution >= 0.6 is 0 Å². The van der Waals surface area contributed by atoms with E-state index in [1.807, 2.05) is 18.2 Å². The van der Waals surface area contributed by atoms with Crippen molar-refractivity contribution in [2.45, 2.75) is 25.6 Å². The minimum Gasteiger partial charge on any atom is -0.385 e. The summed E-state index contributed by atoms with van der Waals surface area (Å²) < 4.78 is 36.7.